The number of likely N-dealkylation sites (tertiary alicyclic amines) is 1. The third-order valence-corrected chi connectivity index (χ3v) is 5.82. The van der Waals surface area contributed by atoms with E-state index in [1.54, 1.807) is 6.08 Å². The number of aryl methyl sites for hydroxylation is 2. The van der Waals surface area contributed by atoms with E-state index in [9.17, 15) is 4.79 Å². The normalized spacial score (nSPS) is 19.0. The smallest absolute Gasteiger partial charge is 0.246 e. The fourth-order valence-corrected chi connectivity index (χ4v) is 4.17. The summed E-state index contributed by atoms with van der Waals surface area (Å²) in [5.74, 6) is -0.396. The molecule has 2 aromatic rings. The van der Waals surface area contributed by atoms with Crippen LogP contribution in [0.25, 0.3) is 11.8 Å². The Bertz CT molecular complexity index is 879. The Kier molecular flexibility index (Phi) is 5.13. The number of rotatable bonds is 3. The second kappa shape index (κ2) is 7.57. The highest BCUT2D eigenvalue weighted by Crippen LogP contribution is 2.31. The minimum Gasteiger partial charge on any atom is -0.347 e. The molecule has 5 nitrogen and oxygen atoms in total. The molecule has 148 valence electrons. The molecule has 3 heterocycles. The van der Waals surface area contributed by atoms with Crippen LogP contribution in [0.15, 0.2) is 36.4 Å². The Labute approximate surface area is 166 Å². The minimum atomic E-state index is -0.445. The highest BCUT2D eigenvalue weighted by Gasteiger charge is 2.40. The van der Waals surface area contributed by atoms with Crippen LogP contribution in [0.2, 0.25) is 0 Å². The van der Waals surface area contributed by atoms with Crippen molar-refractivity contribution in [3.05, 3.63) is 58.9 Å². The lowest BCUT2D eigenvalue weighted by Crippen LogP contribution is -2.46. The van der Waals surface area contributed by atoms with Gasteiger partial charge in [0.15, 0.2) is 5.79 Å². The van der Waals surface area contributed by atoms with E-state index in [1.807, 2.05) is 11.0 Å². The van der Waals surface area contributed by atoms with Gasteiger partial charge in [0.2, 0.25) is 5.91 Å². The van der Waals surface area contributed by atoms with Crippen LogP contribution in [-0.4, -0.2) is 47.5 Å². The quantitative estimate of drug-likeness (QED) is 0.761. The van der Waals surface area contributed by atoms with Crippen LogP contribution >= 0.6 is 0 Å². The van der Waals surface area contributed by atoms with Gasteiger partial charge < -0.3 is 18.9 Å². The first kappa shape index (κ1) is 19.0. The van der Waals surface area contributed by atoms with E-state index in [2.05, 4.69) is 55.7 Å². The number of piperidine rings is 1. The topological polar surface area (TPSA) is 43.7 Å². The van der Waals surface area contributed by atoms with Gasteiger partial charge in [-0.15, -0.1) is 0 Å². The molecule has 2 saturated heterocycles. The van der Waals surface area contributed by atoms with Crippen LogP contribution in [0.1, 0.15) is 35.4 Å². The fourth-order valence-electron chi connectivity index (χ4n) is 4.17. The monoisotopic (exact) mass is 380 g/mol. The number of benzene rings is 1. The van der Waals surface area contributed by atoms with E-state index in [4.69, 9.17) is 9.47 Å². The lowest BCUT2D eigenvalue weighted by molar-refractivity contribution is -0.186. The third kappa shape index (κ3) is 3.64. The van der Waals surface area contributed by atoms with Crippen molar-refractivity contribution in [2.45, 2.75) is 39.4 Å². The fraction of sp³-hybridized carbons (Fsp3) is 0.435. The highest BCUT2D eigenvalue weighted by molar-refractivity contribution is 5.92. The van der Waals surface area contributed by atoms with Gasteiger partial charge in [0.25, 0.3) is 0 Å². The number of hydrogen-bond acceptors (Lipinski definition) is 3. The molecule has 4 rings (SSSR count). The molecule has 0 atom stereocenters. The van der Waals surface area contributed by atoms with Gasteiger partial charge in [0.1, 0.15) is 0 Å². The number of ether oxygens (including phenoxy) is 2. The summed E-state index contributed by atoms with van der Waals surface area (Å²) in [4.78, 5) is 14.5. The predicted molar refractivity (Wildman–Crippen MR) is 109 cm³/mol. The number of hydrogen-bond donors (Lipinski definition) is 0. The molecule has 0 aliphatic carbocycles. The van der Waals surface area contributed by atoms with Gasteiger partial charge in [-0.25, -0.2) is 0 Å². The third-order valence-electron chi connectivity index (χ3n) is 5.82. The van der Waals surface area contributed by atoms with Crippen molar-refractivity contribution in [2.24, 2.45) is 0 Å². The molecule has 2 aliphatic rings. The van der Waals surface area contributed by atoms with E-state index < -0.39 is 5.79 Å². The molecular formula is C23H28N2O3. The number of carbonyl (C=O) groups is 1. The molecule has 28 heavy (non-hydrogen) atoms. The molecular weight excluding hydrogens is 352 g/mol. The van der Waals surface area contributed by atoms with Crippen molar-refractivity contribution >= 4 is 12.0 Å². The molecule has 0 N–H and O–H groups in total. The molecule has 0 radical (unpaired) electrons. The first-order valence-corrected chi connectivity index (χ1v) is 9.98. The van der Waals surface area contributed by atoms with Crippen LogP contribution in [0, 0.1) is 20.8 Å². The molecule has 0 unspecified atom stereocenters. The van der Waals surface area contributed by atoms with Crippen molar-refractivity contribution in [3.63, 3.8) is 0 Å². The molecule has 0 bridgehead atoms. The second-order valence-corrected chi connectivity index (χ2v) is 7.76. The average molecular weight is 380 g/mol. The summed E-state index contributed by atoms with van der Waals surface area (Å²) in [7, 11) is 0. The van der Waals surface area contributed by atoms with Gasteiger partial charge in [-0.05, 0) is 50.6 Å². The summed E-state index contributed by atoms with van der Waals surface area (Å²) in [6.07, 6.45) is 5.11. The van der Waals surface area contributed by atoms with Crippen molar-refractivity contribution in [2.75, 3.05) is 26.3 Å². The number of aromatic nitrogens is 1. The zero-order valence-electron chi connectivity index (χ0n) is 16.9. The number of carbonyl (C=O) groups excluding carboxylic acids is 1. The van der Waals surface area contributed by atoms with Crippen LogP contribution in [0.3, 0.4) is 0 Å². The maximum atomic E-state index is 12.6. The maximum absolute atomic E-state index is 12.6. The summed E-state index contributed by atoms with van der Waals surface area (Å²) in [6.45, 7) is 8.94. The Morgan fingerprint density at radius 3 is 2.32 bits per heavy atom. The van der Waals surface area contributed by atoms with E-state index in [0.29, 0.717) is 26.3 Å². The van der Waals surface area contributed by atoms with E-state index in [0.717, 1.165) is 35.5 Å². The van der Waals surface area contributed by atoms with Crippen molar-refractivity contribution in [3.8, 4) is 5.69 Å². The number of nitrogens with zero attached hydrogens (tertiary/aromatic N) is 2. The Balaban J connectivity index is 1.45. The van der Waals surface area contributed by atoms with E-state index >= 15 is 0 Å². The summed E-state index contributed by atoms with van der Waals surface area (Å²) >= 11 is 0. The summed E-state index contributed by atoms with van der Waals surface area (Å²) in [5.41, 5.74) is 5.75. The van der Waals surface area contributed by atoms with Gasteiger partial charge in [0, 0.05) is 49.1 Å². The zero-order valence-corrected chi connectivity index (χ0v) is 16.9. The lowest BCUT2D eigenvalue weighted by atomic mass is 10.0. The minimum absolute atomic E-state index is 0.0491. The van der Waals surface area contributed by atoms with Crippen molar-refractivity contribution < 1.29 is 14.3 Å². The van der Waals surface area contributed by atoms with E-state index in [-0.39, 0.29) is 5.91 Å². The summed E-state index contributed by atoms with van der Waals surface area (Å²) in [5, 5.41) is 0. The molecule has 2 fully saturated rings. The first-order valence-electron chi connectivity index (χ1n) is 9.98. The van der Waals surface area contributed by atoms with Crippen molar-refractivity contribution in [1.29, 1.82) is 0 Å². The maximum Gasteiger partial charge on any atom is 0.246 e. The molecule has 1 amide bonds. The molecule has 5 heteroatoms. The SMILES string of the molecule is Cc1ccc(-n2c(C)cc(C=CC(=O)N3CCC4(CC3)OCCO4)c2C)cc1. The zero-order chi connectivity index (χ0) is 19.7. The molecule has 0 saturated carbocycles. The van der Waals surface area contributed by atoms with Crippen LogP contribution in [-0.2, 0) is 14.3 Å². The van der Waals surface area contributed by atoms with Gasteiger partial charge in [-0.3, -0.25) is 4.79 Å². The largest absolute Gasteiger partial charge is 0.347 e. The molecule has 1 aromatic carbocycles. The summed E-state index contributed by atoms with van der Waals surface area (Å²) in [6, 6.07) is 10.6. The van der Waals surface area contributed by atoms with Gasteiger partial charge in [0.05, 0.1) is 13.2 Å². The van der Waals surface area contributed by atoms with Crippen LogP contribution in [0.5, 0.6) is 0 Å². The van der Waals surface area contributed by atoms with Crippen LogP contribution in [0.4, 0.5) is 0 Å². The molecule has 1 aromatic heterocycles. The molecule has 1 spiro atoms. The second-order valence-electron chi connectivity index (χ2n) is 7.76. The molecule has 2 aliphatic heterocycles. The van der Waals surface area contributed by atoms with Gasteiger partial charge in [-0.1, -0.05) is 17.7 Å². The average Bonchev–Trinajstić information content (AvgIpc) is 3.25. The Morgan fingerprint density at radius 2 is 1.68 bits per heavy atom. The Morgan fingerprint density at radius 1 is 1.04 bits per heavy atom. The van der Waals surface area contributed by atoms with Crippen LogP contribution < -0.4 is 0 Å². The summed E-state index contributed by atoms with van der Waals surface area (Å²) < 4.78 is 13.7. The lowest BCUT2D eigenvalue weighted by Gasteiger charge is -2.37. The highest BCUT2D eigenvalue weighted by atomic mass is 16.7. The van der Waals surface area contributed by atoms with Gasteiger partial charge in [-0.2, -0.15) is 0 Å². The van der Waals surface area contributed by atoms with Crippen molar-refractivity contribution in [1.82, 2.24) is 9.47 Å². The standard InChI is InChI=1S/C23H28N2O3/c1-17-4-7-21(8-5-17)25-18(2)16-20(19(25)3)6-9-22(26)24-12-10-23(11-13-24)27-14-15-28-23/h4-9,16H,10-15H2,1-3H3. The number of amides is 1. The first-order chi connectivity index (χ1) is 13.5. The predicted octanol–water partition coefficient (Wildman–Crippen LogP) is 3.78. The van der Waals surface area contributed by atoms with Gasteiger partial charge >= 0.3 is 0 Å². The Hall–Kier alpha value is -2.37. The van der Waals surface area contributed by atoms with E-state index in [1.165, 1.54) is 5.56 Å².